The number of rotatable bonds is 66. The lowest BCUT2D eigenvalue weighted by atomic mass is 9.96. The number of aldehydes is 1. The fraction of sp³-hybridized carbons (Fsp3) is 0.634. The molecule has 0 aliphatic rings. The number of aliphatic carboxylic acids is 2. The third-order valence-electron chi connectivity index (χ3n) is 20.6. The van der Waals surface area contributed by atoms with Gasteiger partial charge >= 0.3 is 11.9 Å². The summed E-state index contributed by atoms with van der Waals surface area (Å²) < 4.78 is 0. The van der Waals surface area contributed by atoms with Gasteiger partial charge in [-0.15, -0.1) is 0 Å². The summed E-state index contributed by atoms with van der Waals surface area (Å²) in [5, 5.41) is 77.6. The van der Waals surface area contributed by atoms with Gasteiger partial charge in [-0.1, -0.05) is 108 Å². The number of amides is 14. The molecular formula is C82H136N22O21S. The number of primary amides is 1. The normalized spacial score (nSPS) is 15.4. The molecule has 0 saturated carbocycles. The number of aliphatic hydroxyl groups excluding tert-OH is 2. The minimum atomic E-state index is -1.89. The minimum absolute atomic E-state index is 0.00711. The Balaban J connectivity index is 2.45. The molecule has 2 aromatic rings. The SMILES string of the molecule is CCC(C)C(NC(=O)C(CCCCN)NC(O)C(CO)NC(=O)C(NC(=O)C(CCCCN)NC(=O)C(N)CCSC)C(C)CC)C(=O)NC(CCC(=O)O)C(=O)NC(C)C(=O)NC(CCC(N)=O)C(=O)NC(C)C(=O)NC(CCCN=C(N)N)C(=O)NC(CCCCN)C(=O)NC(CC(=O)O)C(=O)NC(Cc1ccccc1)C(=O)NC(C=O)Cc1ccccc1. The van der Waals surface area contributed by atoms with Crippen molar-refractivity contribution in [1.82, 2.24) is 74.4 Å². The summed E-state index contributed by atoms with van der Waals surface area (Å²) in [4.78, 5) is 237. The minimum Gasteiger partial charge on any atom is -0.481 e. The number of guanidine groups is 1. The van der Waals surface area contributed by atoms with Gasteiger partial charge in [-0.25, -0.2) is 0 Å². The first kappa shape index (κ1) is 111. The van der Waals surface area contributed by atoms with E-state index in [4.69, 9.17) is 40.1 Å². The fourth-order valence-electron chi connectivity index (χ4n) is 12.7. The van der Waals surface area contributed by atoms with Crippen LogP contribution in [0.3, 0.4) is 0 Å². The highest BCUT2D eigenvalue weighted by molar-refractivity contribution is 7.98. The average molecular weight is 1800 g/mol. The Morgan fingerprint density at radius 2 is 0.810 bits per heavy atom. The first-order valence-corrected chi connectivity index (χ1v) is 43.9. The van der Waals surface area contributed by atoms with Gasteiger partial charge in [0, 0.05) is 25.8 Å². The molecule has 18 unspecified atom stereocenters. The fourth-order valence-corrected chi connectivity index (χ4v) is 13.2. The number of nitrogens with zero attached hydrogens (tertiary/aromatic N) is 1. The molecule has 0 aromatic heterocycles. The summed E-state index contributed by atoms with van der Waals surface area (Å²) in [6.45, 7) is 8.59. The maximum absolute atomic E-state index is 14.5. The largest absolute Gasteiger partial charge is 0.481 e. The van der Waals surface area contributed by atoms with Crippen molar-refractivity contribution in [3.05, 3.63) is 71.8 Å². The van der Waals surface area contributed by atoms with E-state index in [2.05, 4.69) is 79.4 Å². The lowest BCUT2D eigenvalue weighted by Crippen LogP contribution is -2.63. The second kappa shape index (κ2) is 61.4. The van der Waals surface area contributed by atoms with Crippen LogP contribution < -0.4 is 115 Å². The molecule has 43 nitrogen and oxygen atoms in total. The van der Waals surface area contributed by atoms with Gasteiger partial charge in [0.25, 0.3) is 0 Å². The number of hydrogen-bond acceptors (Lipinski definition) is 26. The Morgan fingerprint density at radius 1 is 0.429 bits per heavy atom. The molecule has 0 aliphatic carbocycles. The van der Waals surface area contributed by atoms with Crippen LogP contribution in [0.15, 0.2) is 65.7 Å². The van der Waals surface area contributed by atoms with Crippen molar-refractivity contribution >= 4 is 119 Å². The average Bonchev–Trinajstić information content (AvgIpc) is 0.845. The third kappa shape index (κ3) is 43.2. The van der Waals surface area contributed by atoms with Gasteiger partial charge in [-0.3, -0.25) is 87.0 Å². The maximum atomic E-state index is 14.5. The van der Waals surface area contributed by atoms with Crippen molar-refractivity contribution in [3.8, 4) is 0 Å². The topological polar surface area (TPSA) is 734 Å². The highest BCUT2D eigenvalue weighted by Gasteiger charge is 2.40. The molecule has 0 bridgehead atoms. The van der Waals surface area contributed by atoms with Crippen LogP contribution in [0.1, 0.15) is 175 Å². The summed E-state index contributed by atoms with van der Waals surface area (Å²) in [5.74, 6) is -17.5. The van der Waals surface area contributed by atoms with E-state index in [0.29, 0.717) is 68.2 Å². The molecule has 2 rings (SSSR count). The van der Waals surface area contributed by atoms with E-state index >= 15 is 0 Å². The Kier molecular flexibility index (Phi) is 54.1. The zero-order valence-corrected chi connectivity index (χ0v) is 73.8. The predicted octanol–water partition coefficient (Wildman–Crippen LogP) is -5.50. The molecule has 18 atom stereocenters. The molecule has 0 fully saturated rings. The van der Waals surface area contributed by atoms with Gasteiger partial charge in [0.1, 0.15) is 79.0 Å². The number of hydrogen-bond donors (Lipinski definition) is 25. The first-order chi connectivity index (χ1) is 59.8. The Morgan fingerprint density at radius 3 is 1.25 bits per heavy atom. The molecule has 32 N–H and O–H groups in total. The zero-order valence-electron chi connectivity index (χ0n) is 73.0. The highest BCUT2D eigenvalue weighted by atomic mass is 32.2. The first-order valence-electron chi connectivity index (χ1n) is 42.5. The number of unbranched alkanes of at least 4 members (excludes halogenated alkanes) is 3. The van der Waals surface area contributed by atoms with Crippen LogP contribution in [0.2, 0.25) is 0 Å². The molecule has 0 heterocycles. The van der Waals surface area contributed by atoms with Crippen molar-refractivity contribution in [2.24, 2.45) is 57.0 Å². The van der Waals surface area contributed by atoms with Gasteiger partial charge in [0.2, 0.25) is 82.7 Å². The molecular weight excluding hydrogens is 1660 g/mol. The highest BCUT2D eigenvalue weighted by Crippen LogP contribution is 2.17. The standard InChI is InChI=1S/C82H136N22O21S/c1-8-46(3)66(103-76(120)56(29-18-21-38-85)98-79(123)62(45-106)102-81(125)67(47(4)9-2)104-75(119)55(28-17-20-37-84)96-70(114)53(86)35-40-126-7)80(124)99-59(32-34-64(108)109)72(116)92-49(6)69(113)95-58(31-33-63(87)107)71(115)91-48(5)68(112)94-57(30-22-39-90-82(88)89)73(117)97-54(27-16-19-36-83)74(118)101-61(43-65(110)111)78(122)100-60(42-51-25-14-11-15-26-51)77(121)93-52(44-105)41-50-23-12-10-13-24-50/h10-15,23-26,44,46-49,52-62,66-67,79,98,106,123H,8-9,16-22,27-43,45,83-86H2,1-7H3,(H2,87,107)(H,91,115)(H,92,116)(H,93,121)(H,94,112)(H,95,113)(H,96,114)(H,97,117)(H,99,124)(H,100,122)(H,101,118)(H,102,125)(H,103,120)(H,104,119)(H,108,109)(H,110,111)(H4,88,89,90). The van der Waals surface area contributed by atoms with Gasteiger partial charge in [0.05, 0.1) is 37.2 Å². The van der Waals surface area contributed by atoms with E-state index in [9.17, 15) is 102 Å². The smallest absolute Gasteiger partial charge is 0.305 e. The Labute approximate surface area is 738 Å². The number of nitrogens with two attached hydrogens (primary N) is 7. The summed E-state index contributed by atoms with van der Waals surface area (Å²) in [7, 11) is 0. The van der Waals surface area contributed by atoms with Crippen molar-refractivity contribution in [2.45, 2.75) is 273 Å². The van der Waals surface area contributed by atoms with Crippen LogP contribution in [0.25, 0.3) is 0 Å². The van der Waals surface area contributed by atoms with Crippen LogP contribution >= 0.6 is 11.8 Å². The molecule has 0 aliphatic heterocycles. The van der Waals surface area contributed by atoms with Gasteiger partial charge in [-0.2, -0.15) is 11.8 Å². The number of benzene rings is 2. The second-order valence-corrected chi connectivity index (χ2v) is 31.9. The molecule has 2 aromatic carbocycles. The van der Waals surface area contributed by atoms with Crippen LogP contribution in [0.5, 0.6) is 0 Å². The van der Waals surface area contributed by atoms with Crippen LogP contribution in [0.4, 0.5) is 0 Å². The summed E-state index contributed by atoms with van der Waals surface area (Å²) >= 11 is 1.49. The number of nitrogens with one attached hydrogen (secondary N) is 14. The van der Waals surface area contributed by atoms with Gasteiger partial charge in [0.15, 0.2) is 5.96 Å². The third-order valence-corrected chi connectivity index (χ3v) is 21.3. The zero-order chi connectivity index (χ0) is 94.5. The van der Waals surface area contributed by atoms with Crippen LogP contribution in [-0.2, 0) is 94.3 Å². The number of thioether (sulfide) groups is 1. The number of aliphatic hydroxyl groups is 2. The number of carboxylic acids is 2. The van der Waals surface area contributed by atoms with E-state index < -0.39 is 242 Å². The molecule has 0 spiro atoms. The van der Waals surface area contributed by atoms with Crippen LogP contribution in [-0.4, -0.2) is 269 Å². The van der Waals surface area contributed by atoms with E-state index in [1.165, 1.54) is 18.7 Å². The van der Waals surface area contributed by atoms with Gasteiger partial charge in [-0.05, 0) is 158 Å². The lowest BCUT2D eigenvalue weighted by Gasteiger charge is -2.32. The molecule has 0 radical (unpaired) electrons. The van der Waals surface area contributed by atoms with E-state index in [-0.39, 0.29) is 89.8 Å². The van der Waals surface area contributed by atoms with Crippen molar-refractivity contribution in [2.75, 3.05) is 44.8 Å². The van der Waals surface area contributed by atoms with E-state index in [1.54, 1.807) is 88.4 Å². The van der Waals surface area contributed by atoms with Crippen molar-refractivity contribution < 1.29 is 102 Å². The van der Waals surface area contributed by atoms with Crippen molar-refractivity contribution in [1.29, 1.82) is 0 Å². The number of carboxylic acid groups (broad SMARTS) is 2. The second-order valence-electron chi connectivity index (χ2n) is 31.0. The summed E-state index contributed by atoms with van der Waals surface area (Å²) in [5.41, 5.74) is 41.2. The van der Waals surface area contributed by atoms with Crippen LogP contribution in [0, 0.1) is 11.8 Å². The molecule has 126 heavy (non-hydrogen) atoms. The number of carbonyl (C=O) groups is 17. The molecule has 14 amide bonds. The maximum Gasteiger partial charge on any atom is 0.305 e. The molecule has 706 valence electrons. The lowest BCUT2D eigenvalue weighted by molar-refractivity contribution is -0.141. The number of carbonyl (C=O) groups excluding carboxylic acids is 15. The Hall–Kier alpha value is -11.0. The summed E-state index contributed by atoms with van der Waals surface area (Å²) in [6.07, 6.45) is -0.402. The van der Waals surface area contributed by atoms with Crippen molar-refractivity contribution in [3.63, 3.8) is 0 Å². The van der Waals surface area contributed by atoms with Gasteiger partial charge < -0.3 is 134 Å². The van der Waals surface area contributed by atoms with E-state index in [1.807, 2.05) is 6.26 Å². The molecule has 0 saturated heterocycles. The molecule has 44 heteroatoms. The summed E-state index contributed by atoms with van der Waals surface area (Å²) in [6, 6.07) is -4.86. The predicted molar refractivity (Wildman–Crippen MR) is 469 cm³/mol. The Bertz CT molecular complexity index is 3840. The monoisotopic (exact) mass is 1800 g/mol. The quantitative estimate of drug-likeness (QED) is 0.00966. The number of aliphatic imine (C=N–C) groups is 1. The van der Waals surface area contributed by atoms with E-state index in [0.717, 1.165) is 6.92 Å².